The Morgan fingerprint density at radius 1 is 1.00 bits per heavy atom. The van der Waals surface area contributed by atoms with Crippen LogP contribution < -0.4 is 5.32 Å². The molecule has 0 aliphatic carbocycles. The van der Waals surface area contributed by atoms with Gasteiger partial charge in [-0.05, 0) is 43.9 Å². The van der Waals surface area contributed by atoms with Gasteiger partial charge >= 0.3 is 0 Å². The van der Waals surface area contributed by atoms with Crippen LogP contribution in [0, 0.1) is 13.8 Å². The third-order valence-corrected chi connectivity index (χ3v) is 4.34. The number of pyridine rings is 1. The Bertz CT molecular complexity index is 849. The summed E-state index contributed by atoms with van der Waals surface area (Å²) in [4.78, 5) is 16.5. The first-order chi connectivity index (χ1) is 12.1. The van der Waals surface area contributed by atoms with Gasteiger partial charge in [-0.1, -0.05) is 35.9 Å². The quantitative estimate of drug-likeness (QED) is 0.716. The lowest BCUT2D eigenvalue weighted by Gasteiger charge is -2.04. The zero-order valence-electron chi connectivity index (χ0n) is 15.0. The molecule has 1 aromatic carbocycles. The van der Waals surface area contributed by atoms with Crippen molar-refractivity contribution < 1.29 is 4.79 Å². The first kappa shape index (κ1) is 17.2. The van der Waals surface area contributed by atoms with Crippen LogP contribution in [0.5, 0.6) is 0 Å². The van der Waals surface area contributed by atoms with Gasteiger partial charge in [0.15, 0.2) is 0 Å². The van der Waals surface area contributed by atoms with Crippen LogP contribution in [-0.2, 0) is 17.6 Å². The van der Waals surface area contributed by atoms with Crippen LogP contribution in [0.1, 0.15) is 35.2 Å². The Morgan fingerprint density at radius 2 is 1.76 bits per heavy atom. The Kier molecular flexibility index (Phi) is 5.49. The number of hydrogen-bond acceptors (Lipinski definition) is 2. The number of hydrogen-bond donors (Lipinski definition) is 1. The van der Waals surface area contributed by atoms with Gasteiger partial charge in [-0.25, -0.2) is 4.98 Å². The first-order valence-electron chi connectivity index (χ1n) is 8.86. The molecule has 1 amide bonds. The normalized spacial score (nSPS) is 11.0. The Hall–Kier alpha value is -2.62. The van der Waals surface area contributed by atoms with E-state index >= 15 is 0 Å². The van der Waals surface area contributed by atoms with E-state index in [0.29, 0.717) is 13.0 Å². The second-order valence-electron chi connectivity index (χ2n) is 6.64. The standard InChI is InChI=1S/C21H25N3O/c1-16-6-9-18(10-7-16)4-3-5-21(25)22-13-12-19-15-24-14-17(2)8-11-20(24)23-19/h6-11,14-15H,3-5,12-13H2,1-2H3,(H,22,25). The van der Waals surface area contributed by atoms with Gasteiger partial charge in [-0.15, -0.1) is 0 Å². The fourth-order valence-electron chi connectivity index (χ4n) is 2.90. The number of benzene rings is 1. The zero-order valence-corrected chi connectivity index (χ0v) is 15.0. The lowest BCUT2D eigenvalue weighted by atomic mass is 10.1. The van der Waals surface area contributed by atoms with Crippen LogP contribution in [0.3, 0.4) is 0 Å². The van der Waals surface area contributed by atoms with Crippen molar-refractivity contribution in [2.45, 2.75) is 39.5 Å². The monoisotopic (exact) mass is 335 g/mol. The maximum Gasteiger partial charge on any atom is 0.220 e. The van der Waals surface area contributed by atoms with Gasteiger partial charge in [-0.3, -0.25) is 4.79 Å². The minimum atomic E-state index is 0.117. The molecule has 0 fully saturated rings. The van der Waals surface area contributed by atoms with Crippen LogP contribution in [-0.4, -0.2) is 21.8 Å². The van der Waals surface area contributed by atoms with Gasteiger partial charge in [0.1, 0.15) is 5.65 Å². The maximum absolute atomic E-state index is 12.0. The van der Waals surface area contributed by atoms with E-state index in [-0.39, 0.29) is 5.91 Å². The number of carbonyl (C=O) groups is 1. The zero-order chi connectivity index (χ0) is 17.6. The summed E-state index contributed by atoms with van der Waals surface area (Å²) in [5.74, 6) is 0.117. The summed E-state index contributed by atoms with van der Waals surface area (Å²) in [6.45, 7) is 4.78. The molecule has 0 spiro atoms. The molecule has 0 radical (unpaired) electrons. The highest BCUT2D eigenvalue weighted by Crippen LogP contribution is 2.08. The van der Waals surface area contributed by atoms with Gasteiger partial charge in [0.25, 0.3) is 0 Å². The number of amides is 1. The second-order valence-corrected chi connectivity index (χ2v) is 6.64. The van der Waals surface area contributed by atoms with Crippen molar-refractivity contribution in [3.8, 4) is 0 Å². The molecule has 0 atom stereocenters. The first-order valence-corrected chi connectivity index (χ1v) is 8.86. The van der Waals surface area contributed by atoms with Crippen molar-refractivity contribution in [1.29, 1.82) is 0 Å². The lowest BCUT2D eigenvalue weighted by molar-refractivity contribution is -0.121. The molecular weight excluding hydrogens is 310 g/mol. The van der Waals surface area contributed by atoms with Crippen LogP contribution >= 0.6 is 0 Å². The Labute approximate surface area is 148 Å². The van der Waals surface area contributed by atoms with E-state index in [1.807, 2.05) is 16.7 Å². The molecule has 0 aliphatic rings. The molecular formula is C21H25N3O. The second kappa shape index (κ2) is 7.97. The molecule has 0 unspecified atom stereocenters. The van der Waals surface area contributed by atoms with Crippen molar-refractivity contribution in [2.75, 3.05) is 6.54 Å². The smallest absolute Gasteiger partial charge is 0.220 e. The average molecular weight is 335 g/mol. The van der Waals surface area contributed by atoms with E-state index in [2.05, 4.69) is 60.7 Å². The predicted octanol–water partition coefficient (Wildman–Crippen LogP) is 3.63. The highest BCUT2D eigenvalue weighted by Gasteiger charge is 2.04. The molecule has 0 saturated carbocycles. The largest absolute Gasteiger partial charge is 0.356 e. The maximum atomic E-state index is 12.0. The Balaban J connectivity index is 1.39. The van der Waals surface area contributed by atoms with Gasteiger partial charge in [0.2, 0.25) is 5.91 Å². The molecule has 4 nitrogen and oxygen atoms in total. The number of nitrogens with one attached hydrogen (secondary N) is 1. The van der Waals surface area contributed by atoms with Crippen LogP contribution in [0.25, 0.3) is 5.65 Å². The van der Waals surface area contributed by atoms with Crippen molar-refractivity contribution in [2.24, 2.45) is 0 Å². The molecule has 4 heteroatoms. The fraction of sp³-hybridized carbons (Fsp3) is 0.333. The SMILES string of the molecule is Cc1ccc(CCCC(=O)NCCc2cn3cc(C)ccc3n2)cc1. The van der Waals surface area contributed by atoms with E-state index in [1.54, 1.807) is 0 Å². The van der Waals surface area contributed by atoms with E-state index in [9.17, 15) is 4.79 Å². The summed E-state index contributed by atoms with van der Waals surface area (Å²) < 4.78 is 2.04. The summed E-state index contributed by atoms with van der Waals surface area (Å²) in [5.41, 5.74) is 5.72. The number of aromatic nitrogens is 2. The number of imidazole rings is 1. The van der Waals surface area contributed by atoms with Crippen LogP contribution in [0.4, 0.5) is 0 Å². The molecule has 0 bridgehead atoms. The van der Waals surface area contributed by atoms with Crippen molar-refractivity contribution >= 4 is 11.6 Å². The van der Waals surface area contributed by atoms with Crippen molar-refractivity contribution in [3.05, 3.63) is 71.2 Å². The summed E-state index contributed by atoms with van der Waals surface area (Å²) in [6.07, 6.45) is 7.24. The van der Waals surface area contributed by atoms with E-state index in [1.165, 1.54) is 16.7 Å². The molecule has 2 heterocycles. The predicted molar refractivity (Wildman–Crippen MR) is 101 cm³/mol. The molecule has 2 aromatic heterocycles. The van der Waals surface area contributed by atoms with Gasteiger partial charge < -0.3 is 9.72 Å². The van der Waals surface area contributed by atoms with Gasteiger partial charge in [0.05, 0.1) is 5.69 Å². The molecule has 0 aliphatic heterocycles. The van der Waals surface area contributed by atoms with Crippen molar-refractivity contribution in [3.63, 3.8) is 0 Å². The molecule has 3 rings (SSSR count). The van der Waals surface area contributed by atoms with Crippen LogP contribution in [0.2, 0.25) is 0 Å². The number of carbonyl (C=O) groups excluding carboxylic acids is 1. The van der Waals surface area contributed by atoms with Gasteiger partial charge in [0, 0.05) is 31.8 Å². The number of rotatable bonds is 7. The highest BCUT2D eigenvalue weighted by molar-refractivity contribution is 5.75. The number of aryl methyl sites for hydroxylation is 3. The van der Waals surface area contributed by atoms with Crippen LogP contribution in [0.15, 0.2) is 48.8 Å². The molecule has 3 aromatic rings. The number of fused-ring (bicyclic) bond motifs is 1. The van der Waals surface area contributed by atoms with E-state index < -0.39 is 0 Å². The summed E-state index contributed by atoms with van der Waals surface area (Å²) in [5, 5.41) is 2.99. The summed E-state index contributed by atoms with van der Waals surface area (Å²) in [7, 11) is 0. The van der Waals surface area contributed by atoms with E-state index in [0.717, 1.165) is 30.6 Å². The average Bonchev–Trinajstić information content (AvgIpc) is 2.98. The highest BCUT2D eigenvalue weighted by atomic mass is 16.1. The molecule has 25 heavy (non-hydrogen) atoms. The van der Waals surface area contributed by atoms with Gasteiger partial charge in [-0.2, -0.15) is 0 Å². The third kappa shape index (κ3) is 4.92. The third-order valence-electron chi connectivity index (χ3n) is 4.34. The number of nitrogens with zero attached hydrogens (tertiary/aromatic N) is 2. The minimum Gasteiger partial charge on any atom is -0.356 e. The fourth-order valence-corrected chi connectivity index (χ4v) is 2.90. The molecule has 130 valence electrons. The van der Waals surface area contributed by atoms with E-state index in [4.69, 9.17) is 0 Å². The summed E-state index contributed by atoms with van der Waals surface area (Å²) >= 11 is 0. The lowest BCUT2D eigenvalue weighted by Crippen LogP contribution is -2.25. The summed E-state index contributed by atoms with van der Waals surface area (Å²) in [6, 6.07) is 12.6. The topological polar surface area (TPSA) is 46.4 Å². The molecule has 0 saturated heterocycles. The van der Waals surface area contributed by atoms with Crippen molar-refractivity contribution in [1.82, 2.24) is 14.7 Å². The Morgan fingerprint density at radius 3 is 2.56 bits per heavy atom. The minimum absolute atomic E-state index is 0.117. The molecule has 1 N–H and O–H groups in total.